The van der Waals surface area contributed by atoms with Gasteiger partial charge in [0.25, 0.3) is 5.91 Å². The highest BCUT2D eigenvalue weighted by atomic mass is 16.5. The molecule has 0 aromatic heterocycles. The SMILES string of the molecule is CCc1ccc(OCC(=O)NC(C)c2ccc(CC)cc2)cc1. The fraction of sp³-hybridized carbons (Fsp3) is 0.350. The van der Waals surface area contributed by atoms with Gasteiger partial charge in [0, 0.05) is 0 Å². The van der Waals surface area contributed by atoms with Crippen molar-refractivity contribution in [2.45, 2.75) is 39.7 Å². The highest BCUT2D eigenvalue weighted by Gasteiger charge is 2.10. The minimum absolute atomic E-state index is 0.0283. The van der Waals surface area contributed by atoms with Gasteiger partial charge in [0.15, 0.2) is 6.61 Å². The lowest BCUT2D eigenvalue weighted by atomic mass is 10.1. The van der Waals surface area contributed by atoms with E-state index in [4.69, 9.17) is 4.74 Å². The summed E-state index contributed by atoms with van der Waals surface area (Å²) in [7, 11) is 0. The molecule has 2 aromatic rings. The Morgan fingerprint density at radius 1 is 0.957 bits per heavy atom. The zero-order chi connectivity index (χ0) is 16.7. The minimum atomic E-state index is -0.114. The van der Waals surface area contributed by atoms with Gasteiger partial charge in [-0.25, -0.2) is 0 Å². The van der Waals surface area contributed by atoms with Gasteiger partial charge in [0.05, 0.1) is 6.04 Å². The predicted octanol–water partition coefficient (Wildman–Crippen LogP) is 4.07. The number of carbonyl (C=O) groups excluding carboxylic acids is 1. The van der Waals surface area contributed by atoms with E-state index in [-0.39, 0.29) is 18.6 Å². The number of amides is 1. The predicted molar refractivity (Wildman–Crippen MR) is 93.7 cm³/mol. The molecule has 122 valence electrons. The standard InChI is InChI=1S/C20H25NO2/c1-4-16-6-10-18(11-7-16)15(3)21-20(22)14-23-19-12-8-17(5-2)9-13-19/h6-13,15H,4-5,14H2,1-3H3,(H,21,22). The van der Waals surface area contributed by atoms with Gasteiger partial charge >= 0.3 is 0 Å². The molecule has 0 spiro atoms. The maximum atomic E-state index is 12.0. The summed E-state index contributed by atoms with van der Waals surface area (Å²) in [5.41, 5.74) is 3.65. The summed E-state index contributed by atoms with van der Waals surface area (Å²) in [5, 5.41) is 2.96. The number of carbonyl (C=O) groups is 1. The first kappa shape index (κ1) is 17.1. The Bertz CT molecular complexity index is 617. The van der Waals surface area contributed by atoms with E-state index in [2.05, 4.69) is 43.4 Å². The number of nitrogens with one attached hydrogen (secondary N) is 1. The van der Waals surface area contributed by atoms with Crippen LogP contribution < -0.4 is 10.1 Å². The molecule has 2 rings (SSSR count). The molecule has 2 aromatic carbocycles. The highest BCUT2D eigenvalue weighted by Crippen LogP contribution is 2.15. The van der Waals surface area contributed by atoms with Gasteiger partial charge in [-0.15, -0.1) is 0 Å². The summed E-state index contributed by atoms with van der Waals surface area (Å²) in [6.45, 7) is 6.25. The molecule has 0 radical (unpaired) electrons. The highest BCUT2D eigenvalue weighted by molar-refractivity contribution is 5.78. The van der Waals surface area contributed by atoms with Crippen LogP contribution in [0.2, 0.25) is 0 Å². The molecular weight excluding hydrogens is 286 g/mol. The van der Waals surface area contributed by atoms with E-state index in [0.717, 1.165) is 24.2 Å². The van der Waals surface area contributed by atoms with Gasteiger partial charge in [0.1, 0.15) is 5.75 Å². The first-order valence-corrected chi connectivity index (χ1v) is 8.22. The second-order valence-electron chi connectivity index (χ2n) is 5.67. The maximum Gasteiger partial charge on any atom is 0.258 e. The van der Waals surface area contributed by atoms with Crippen molar-refractivity contribution in [2.75, 3.05) is 6.61 Å². The molecule has 1 unspecified atom stereocenters. The van der Waals surface area contributed by atoms with Gasteiger partial charge in [-0.1, -0.05) is 50.2 Å². The second kappa shape index (κ2) is 8.37. The lowest BCUT2D eigenvalue weighted by Crippen LogP contribution is -2.31. The Balaban J connectivity index is 1.83. The fourth-order valence-corrected chi connectivity index (χ4v) is 2.38. The monoisotopic (exact) mass is 311 g/mol. The normalized spacial score (nSPS) is 11.8. The molecular formula is C20H25NO2. The third kappa shape index (κ3) is 5.13. The molecule has 3 heteroatoms. The molecule has 0 saturated carbocycles. The van der Waals surface area contributed by atoms with Crippen molar-refractivity contribution in [3.63, 3.8) is 0 Å². The average Bonchev–Trinajstić information content (AvgIpc) is 2.60. The second-order valence-corrected chi connectivity index (χ2v) is 5.67. The van der Waals surface area contributed by atoms with Crippen LogP contribution in [0, 0.1) is 0 Å². The Labute approximate surface area is 138 Å². The molecule has 0 aliphatic rings. The Morgan fingerprint density at radius 3 is 2.00 bits per heavy atom. The van der Waals surface area contributed by atoms with Crippen LogP contribution in [0.25, 0.3) is 0 Å². The van der Waals surface area contributed by atoms with E-state index in [1.54, 1.807) is 0 Å². The lowest BCUT2D eigenvalue weighted by molar-refractivity contribution is -0.123. The number of benzene rings is 2. The van der Waals surface area contributed by atoms with Gasteiger partial charge in [0.2, 0.25) is 0 Å². The first-order valence-electron chi connectivity index (χ1n) is 8.22. The summed E-state index contributed by atoms with van der Waals surface area (Å²) in [4.78, 5) is 12.0. The van der Waals surface area contributed by atoms with Crippen molar-refractivity contribution < 1.29 is 9.53 Å². The molecule has 0 aliphatic carbocycles. The van der Waals surface area contributed by atoms with Gasteiger partial charge in [-0.05, 0) is 48.6 Å². The van der Waals surface area contributed by atoms with Gasteiger partial charge in [-0.2, -0.15) is 0 Å². The van der Waals surface area contributed by atoms with Crippen molar-refractivity contribution in [2.24, 2.45) is 0 Å². The molecule has 1 amide bonds. The lowest BCUT2D eigenvalue weighted by Gasteiger charge is -2.15. The Kier molecular flexibility index (Phi) is 6.21. The third-order valence-corrected chi connectivity index (χ3v) is 3.97. The summed E-state index contributed by atoms with van der Waals surface area (Å²) >= 11 is 0. The van der Waals surface area contributed by atoms with Crippen molar-refractivity contribution >= 4 is 5.91 Å². The summed E-state index contributed by atoms with van der Waals surface area (Å²) in [6.07, 6.45) is 2.01. The fourth-order valence-electron chi connectivity index (χ4n) is 2.38. The van der Waals surface area contributed by atoms with Crippen LogP contribution in [0.15, 0.2) is 48.5 Å². The molecule has 1 N–H and O–H groups in total. The van der Waals surface area contributed by atoms with Crippen LogP contribution in [0.3, 0.4) is 0 Å². The molecule has 0 bridgehead atoms. The van der Waals surface area contributed by atoms with Crippen LogP contribution >= 0.6 is 0 Å². The topological polar surface area (TPSA) is 38.3 Å². The maximum absolute atomic E-state index is 12.0. The van der Waals surface area contributed by atoms with Crippen LogP contribution in [-0.2, 0) is 17.6 Å². The smallest absolute Gasteiger partial charge is 0.258 e. The zero-order valence-corrected chi connectivity index (χ0v) is 14.1. The van der Waals surface area contributed by atoms with Crippen molar-refractivity contribution in [3.8, 4) is 5.75 Å². The van der Waals surface area contributed by atoms with Crippen molar-refractivity contribution in [1.29, 1.82) is 0 Å². The van der Waals surface area contributed by atoms with Crippen molar-refractivity contribution in [3.05, 3.63) is 65.2 Å². The molecule has 3 nitrogen and oxygen atoms in total. The molecule has 0 fully saturated rings. The van der Waals surface area contributed by atoms with Crippen LogP contribution in [-0.4, -0.2) is 12.5 Å². The number of ether oxygens (including phenoxy) is 1. The third-order valence-electron chi connectivity index (χ3n) is 3.97. The van der Waals surface area contributed by atoms with Crippen LogP contribution in [0.4, 0.5) is 0 Å². The van der Waals surface area contributed by atoms with E-state index in [1.165, 1.54) is 11.1 Å². The molecule has 0 saturated heterocycles. The quantitative estimate of drug-likeness (QED) is 0.837. The minimum Gasteiger partial charge on any atom is -0.484 e. The van der Waals surface area contributed by atoms with Crippen LogP contribution in [0.1, 0.15) is 43.5 Å². The number of aryl methyl sites for hydroxylation is 2. The molecule has 1 atom stereocenters. The molecule has 0 aliphatic heterocycles. The van der Waals surface area contributed by atoms with Crippen molar-refractivity contribution in [1.82, 2.24) is 5.32 Å². The average molecular weight is 311 g/mol. The van der Waals surface area contributed by atoms with E-state index >= 15 is 0 Å². The first-order chi connectivity index (χ1) is 11.1. The molecule has 23 heavy (non-hydrogen) atoms. The van der Waals surface area contributed by atoms with E-state index in [9.17, 15) is 4.79 Å². The van der Waals surface area contributed by atoms with E-state index < -0.39 is 0 Å². The van der Waals surface area contributed by atoms with E-state index in [0.29, 0.717) is 0 Å². The largest absolute Gasteiger partial charge is 0.484 e. The number of rotatable bonds is 7. The summed E-state index contributed by atoms with van der Waals surface area (Å²) in [6, 6.07) is 16.1. The Morgan fingerprint density at radius 2 is 1.48 bits per heavy atom. The number of hydrogen-bond donors (Lipinski definition) is 1. The Hall–Kier alpha value is -2.29. The van der Waals surface area contributed by atoms with Crippen LogP contribution in [0.5, 0.6) is 5.75 Å². The summed E-state index contributed by atoms with van der Waals surface area (Å²) in [5.74, 6) is 0.605. The summed E-state index contributed by atoms with van der Waals surface area (Å²) < 4.78 is 5.53. The number of hydrogen-bond acceptors (Lipinski definition) is 2. The van der Waals surface area contributed by atoms with Gasteiger partial charge < -0.3 is 10.1 Å². The zero-order valence-electron chi connectivity index (χ0n) is 14.1. The van der Waals surface area contributed by atoms with Gasteiger partial charge in [-0.3, -0.25) is 4.79 Å². The molecule has 0 heterocycles. The van der Waals surface area contributed by atoms with E-state index in [1.807, 2.05) is 31.2 Å².